The molecule has 0 bridgehead atoms. The van der Waals surface area contributed by atoms with Crippen LogP contribution >= 0.6 is 0 Å². The third kappa shape index (κ3) is 4.13. The van der Waals surface area contributed by atoms with Crippen molar-refractivity contribution in [1.82, 2.24) is 5.32 Å². The molecule has 1 amide bonds. The fraction of sp³-hybridized carbons (Fsp3) is 0.588. The normalized spacial score (nSPS) is 21.8. The van der Waals surface area contributed by atoms with E-state index in [4.69, 9.17) is 5.73 Å². The predicted molar refractivity (Wildman–Crippen MR) is 88.5 cm³/mol. The summed E-state index contributed by atoms with van der Waals surface area (Å²) in [6.07, 6.45) is 6.53. The zero-order valence-corrected chi connectivity index (χ0v) is 13.1. The Kier molecular flexibility index (Phi) is 5.48. The minimum Gasteiger partial charge on any atom is -0.399 e. The summed E-state index contributed by atoms with van der Waals surface area (Å²) in [6, 6.07) is 5.40. The third-order valence-corrected chi connectivity index (χ3v) is 4.64. The Balaban J connectivity index is 1.96. The molecule has 1 aromatic carbocycles. The Morgan fingerprint density at radius 1 is 1.24 bits per heavy atom. The Bertz CT molecular complexity index is 479. The standard InChI is InChI=1S/C17H27N3O/c1-3-12-4-6-13(7-5-12)11-20-16-10-14(18)8-9-15(16)17(21)19-2/h8-10,12-13,20H,3-7,11,18H2,1-2H3,(H,19,21). The Morgan fingerprint density at radius 3 is 2.52 bits per heavy atom. The van der Waals surface area contributed by atoms with E-state index in [1.165, 1.54) is 32.1 Å². The third-order valence-electron chi connectivity index (χ3n) is 4.64. The van der Waals surface area contributed by atoms with Gasteiger partial charge in [0.15, 0.2) is 0 Å². The van der Waals surface area contributed by atoms with Crippen molar-refractivity contribution >= 4 is 17.3 Å². The second-order valence-corrected chi connectivity index (χ2v) is 6.06. The fourth-order valence-corrected chi connectivity index (χ4v) is 3.14. The van der Waals surface area contributed by atoms with Gasteiger partial charge in [-0.05, 0) is 42.9 Å². The number of anilines is 2. The average Bonchev–Trinajstić information content (AvgIpc) is 2.52. The number of amides is 1. The monoisotopic (exact) mass is 289 g/mol. The van der Waals surface area contributed by atoms with Gasteiger partial charge in [0.2, 0.25) is 0 Å². The molecule has 0 aliphatic heterocycles. The van der Waals surface area contributed by atoms with E-state index in [0.29, 0.717) is 17.2 Å². The summed E-state index contributed by atoms with van der Waals surface area (Å²) in [4.78, 5) is 11.9. The molecule has 4 N–H and O–H groups in total. The summed E-state index contributed by atoms with van der Waals surface area (Å²) in [6.45, 7) is 3.20. The van der Waals surface area contributed by atoms with Crippen LogP contribution in [0.1, 0.15) is 49.4 Å². The molecule has 0 saturated heterocycles. The van der Waals surface area contributed by atoms with Crippen LogP contribution in [0.5, 0.6) is 0 Å². The molecule has 1 fully saturated rings. The molecule has 0 atom stereocenters. The van der Waals surface area contributed by atoms with Crippen LogP contribution in [0.25, 0.3) is 0 Å². The van der Waals surface area contributed by atoms with E-state index in [-0.39, 0.29) is 5.91 Å². The van der Waals surface area contributed by atoms with Crippen LogP contribution in [0.15, 0.2) is 18.2 Å². The van der Waals surface area contributed by atoms with E-state index < -0.39 is 0 Å². The first kappa shape index (κ1) is 15.7. The Labute approximate surface area is 127 Å². The lowest BCUT2D eigenvalue weighted by Crippen LogP contribution is -2.23. The number of hydrogen-bond acceptors (Lipinski definition) is 3. The Morgan fingerprint density at radius 2 is 1.90 bits per heavy atom. The van der Waals surface area contributed by atoms with Gasteiger partial charge in [0.25, 0.3) is 5.91 Å². The average molecular weight is 289 g/mol. The van der Waals surface area contributed by atoms with Gasteiger partial charge >= 0.3 is 0 Å². The van der Waals surface area contributed by atoms with Crippen molar-refractivity contribution in [3.05, 3.63) is 23.8 Å². The minimum atomic E-state index is -0.0767. The molecule has 116 valence electrons. The highest BCUT2D eigenvalue weighted by atomic mass is 16.1. The molecule has 0 aromatic heterocycles. The second kappa shape index (κ2) is 7.34. The number of nitrogens with two attached hydrogens (primary N) is 1. The molecule has 4 heteroatoms. The predicted octanol–water partition coefficient (Wildman–Crippen LogP) is 3.26. The van der Waals surface area contributed by atoms with Crippen LogP contribution in [0, 0.1) is 11.8 Å². The van der Waals surface area contributed by atoms with Gasteiger partial charge in [-0.2, -0.15) is 0 Å². The van der Waals surface area contributed by atoms with Crippen LogP contribution in [0.3, 0.4) is 0 Å². The quantitative estimate of drug-likeness (QED) is 0.729. The molecule has 1 aliphatic rings. The second-order valence-electron chi connectivity index (χ2n) is 6.06. The molecule has 0 spiro atoms. The largest absolute Gasteiger partial charge is 0.399 e. The first-order valence-electron chi connectivity index (χ1n) is 7.99. The van der Waals surface area contributed by atoms with Gasteiger partial charge in [-0.15, -0.1) is 0 Å². The smallest absolute Gasteiger partial charge is 0.253 e. The van der Waals surface area contributed by atoms with E-state index >= 15 is 0 Å². The molecular weight excluding hydrogens is 262 g/mol. The number of nitrogen functional groups attached to an aromatic ring is 1. The van der Waals surface area contributed by atoms with Gasteiger partial charge in [-0.25, -0.2) is 0 Å². The van der Waals surface area contributed by atoms with Crippen molar-refractivity contribution in [3.8, 4) is 0 Å². The first-order valence-corrected chi connectivity index (χ1v) is 7.99. The Hall–Kier alpha value is -1.71. The van der Waals surface area contributed by atoms with Gasteiger partial charge < -0.3 is 16.4 Å². The van der Waals surface area contributed by atoms with Gasteiger partial charge in [0.1, 0.15) is 0 Å². The van der Waals surface area contributed by atoms with E-state index in [1.807, 2.05) is 6.07 Å². The molecule has 21 heavy (non-hydrogen) atoms. The maximum absolute atomic E-state index is 11.9. The molecule has 1 aliphatic carbocycles. The number of carbonyl (C=O) groups is 1. The van der Waals surface area contributed by atoms with Gasteiger partial charge in [0.05, 0.1) is 5.56 Å². The molecule has 2 rings (SSSR count). The van der Waals surface area contributed by atoms with Crippen molar-refractivity contribution in [2.24, 2.45) is 11.8 Å². The molecule has 0 radical (unpaired) electrons. The maximum atomic E-state index is 11.9. The van der Waals surface area contributed by atoms with E-state index in [2.05, 4.69) is 17.6 Å². The zero-order chi connectivity index (χ0) is 15.2. The topological polar surface area (TPSA) is 67.1 Å². The van der Waals surface area contributed by atoms with Gasteiger partial charge in [0, 0.05) is 25.0 Å². The van der Waals surface area contributed by atoms with Crippen LogP contribution in [-0.2, 0) is 0 Å². The first-order chi connectivity index (χ1) is 10.1. The highest BCUT2D eigenvalue weighted by Crippen LogP contribution is 2.31. The zero-order valence-electron chi connectivity index (χ0n) is 13.1. The molecule has 1 saturated carbocycles. The lowest BCUT2D eigenvalue weighted by Gasteiger charge is -2.28. The number of hydrogen-bond donors (Lipinski definition) is 3. The van der Waals surface area contributed by atoms with E-state index in [1.54, 1.807) is 19.2 Å². The lowest BCUT2D eigenvalue weighted by atomic mass is 9.81. The van der Waals surface area contributed by atoms with Crippen molar-refractivity contribution in [2.75, 3.05) is 24.6 Å². The number of benzene rings is 1. The summed E-state index contributed by atoms with van der Waals surface area (Å²) in [5, 5.41) is 6.10. The number of nitrogens with one attached hydrogen (secondary N) is 2. The van der Waals surface area contributed by atoms with Crippen LogP contribution in [0.2, 0.25) is 0 Å². The number of rotatable bonds is 5. The highest BCUT2D eigenvalue weighted by Gasteiger charge is 2.20. The van der Waals surface area contributed by atoms with Crippen molar-refractivity contribution in [1.29, 1.82) is 0 Å². The van der Waals surface area contributed by atoms with Crippen LogP contribution in [-0.4, -0.2) is 19.5 Å². The summed E-state index contributed by atoms with van der Waals surface area (Å²) in [7, 11) is 1.65. The molecular formula is C17H27N3O. The number of carbonyl (C=O) groups excluding carboxylic acids is 1. The molecule has 0 unspecified atom stereocenters. The van der Waals surface area contributed by atoms with Crippen molar-refractivity contribution in [3.63, 3.8) is 0 Å². The fourth-order valence-electron chi connectivity index (χ4n) is 3.14. The highest BCUT2D eigenvalue weighted by molar-refractivity contribution is 6.00. The summed E-state index contributed by atoms with van der Waals surface area (Å²) < 4.78 is 0. The van der Waals surface area contributed by atoms with Gasteiger partial charge in [-0.3, -0.25) is 4.79 Å². The molecule has 0 heterocycles. The lowest BCUT2D eigenvalue weighted by molar-refractivity contribution is 0.0964. The SMILES string of the molecule is CCC1CCC(CNc2cc(N)ccc2C(=O)NC)CC1. The van der Waals surface area contributed by atoms with Crippen molar-refractivity contribution in [2.45, 2.75) is 39.0 Å². The maximum Gasteiger partial charge on any atom is 0.253 e. The summed E-state index contributed by atoms with van der Waals surface area (Å²) in [5.41, 5.74) is 8.02. The van der Waals surface area contributed by atoms with E-state index in [9.17, 15) is 4.79 Å². The minimum absolute atomic E-state index is 0.0767. The van der Waals surface area contributed by atoms with Crippen LogP contribution in [0.4, 0.5) is 11.4 Å². The molecule has 1 aromatic rings. The van der Waals surface area contributed by atoms with E-state index in [0.717, 1.165) is 18.2 Å². The summed E-state index contributed by atoms with van der Waals surface area (Å²) in [5.74, 6) is 1.54. The van der Waals surface area contributed by atoms with Crippen LogP contribution < -0.4 is 16.4 Å². The summed E-state index contributed by atoms with van der Waals surface area (Å²) >= 11 is 0. The van der Waals surface area contributed by atoms with Gasteiger partial charge in [-0.1, -0.05) is 26.2 Å². The van der Waals surface area contributed by atoms with Crippen molar-refractivity contribution < 1.29 is 4.79 Å². The molecule has 4 nitrogen and oxygen atoms in total.